The first-order chi connectivity index (χ1) is 11.1. The highest BCUT2D eigenvalue weighted by Crippen LogP contribution is 2.36. The highest BCUT2D eigenvalue weighted by Gasteiger charge is 2.37. The van der Waals surface area contributed by atoms with Crippen LogP contribution in [-0.2, 0) is 5.60 Å². The summed E-state index contributed by atoms with van der Waals surface area (Å²) in [6.07, 6.45) is -0.0199. The lowest BCUT2D eigenvalue weighted by Crippen LogP contribution is -2.28. The van der Waals surface area contributed by atoms with Crippen molar-refractivity contribution in [1.29, 1.82) is 0 Å². The summed E-state index contributed by atoms with van der Waals surface area (Å²) in [6, 6.07) is 16.2. The molecule has 114 valence electrons. The Hall–Kier alpha value is -3.08. The minimum absolute atomic E-state index is 0.0199. The van der Waals surface area contributed by atoms with E-state index in [4.69, 9.17) is 9.95 Å². The van der Waals surface area contributed by atoms with Gasteiger partial charge in [0.15, 0.2) is 11.2 Å². The highest BCUT2D eigenvalue weighted by atomic mass is 16.4. The van der Waals surface area contributed by atoms with Crippen LogP contribution in [0.15, 0.2) is 76.4 Å². The molecule has 0 bridgehead atoms. The Morgan fingerprint density at radius 3 is 2.61 bits per heavy atom. The summed E-state index contributed by atoms with van der Waals surface area (Å²) < 4.78 is 5.73. The average Bonchev–Trinajstić information content (AvgIpc) is 3.00. The molecule has 1 heterocycles. The zero-order valence-electron chi connectivity index (χ0n) is 12.3. The van der Waals surface area contributed by atoms with Crippen molar-refractivity contribution in [2.24, 2.45) is 5.11 Å². The summed E-state index contributed by atoms with van der Waals surface area (Å²) in [6.45, 7) is 3.68. The molecule has 1 aromatic heterocycles. The van der Waals surface area contributed by atoms with Crippen molar-refractivity contribution in [3.05, 3.63) is 88.8 Å². The Bertz CT molecular complexity index is 864. The summed E-state index contributed by atoms with van der Waals surface area (Å²) in [5.41, 5.74) is 9.00. The molecule has 0 amide bonds. The minimum atomic E-state index is -1.56. The van der Waals surface area contributed by atoms with Crippen molar-refractivity contribution in [3.63, 3.8) is 0 Å². The molecular weight excluding hydrogens is 292 g/mol. The molecule has 3 aromatic rings. The van der Waals surface area contributed by atoms with Gasteiger partial charge < -0.3 is 9.52 Å². The van der Waals surface area contributed by atoms with Gasteiger partial charge in [-0.1, -0.05) is 54.2 Å². The van der Waals surface area contributed by atoms with Gasteiger partial charge in [-0.25, -0.2) is 4.98 Å². The third-order valence-electron chi connectivity index (χ3n) is 3.55. The van der Waals surface area contributed by atoms with Crippen LogP contribution in [0.5, 0.6) is 0 Å². The average molecular weight is 306 g/mol. The number of benzene rings is 2. The molecule has 0 saturated heterocycles. The highest BCUT2D eigenvalue weighted by molar-refractivity contribution is 5.72. The van der Waals surface area contributed by atoms with Gasteiger partial charge in [0.2, 0.25) is 5.89 Å². The normalized spacial score (nSPS) is 13.3. The predicted molar refractivity (Wildman–Crippen MR) is 86.4 cm³/mol. The van der Waals surface area contributed by atoms with Gasteiger partial charge in [0.25, 0.3) is 0 Å². The van der Waals surface area contributed by atoms with Gasteiger partial charge >= 0.3 is 0 Å². The number of hydrogen-bond donors (Lipinski definition) is 1. The quantitative estimate of drug-likeness (QED) is 0.433. The standard InChI is InChI=1S/C17H14N4O2/c1-12(20-21-18)11-17(22,13-7-3-2-4-8-13)16-19-14-9-5-6-10-15(14)23-16/h2-10,22H,1,11H2. The van der Waals surface area contributed by atoms with Crippen molar-refractivity contribution in [1.82, 2.24) is 4.98 Å². The van der Waals surface area contributed by atoms with Gasteiger partial charge in [-0.2, -0.15) is 0 Å². The SMILES string of the molecule is C=C(CC(O)(c1ccccc1)c1nc2ccccc2o1)N=[N+]=[N-]. The Morgan fingerprint density at radius 2 is 1.91 bits per heavy atom. The summed E-state index contributed by atoms with van der Waals surface area (Å²) in [7, 11) is 0. The number of hydrogen-bond acceptors (Lipinski definition) is 4. The Labute approximate surface area is 132 Å². The van der Waals surface area contributed by atoms with Crippen LogP contribution in [-0.4, -0.2) is 10.1 Å². The molecule has 0 spiro atoms. The van der Waals surface area contributed by atoms with Crippen LogP contribution < -0.4 is 0 Å². The van der Waals surface area contributed by atoms with Gasteiger partial charge in [-0.3, -0.25) is 0 Å². The first-order valence-corrected chi connectivity index (χ1v) is 7.00. The summed E-state index contributed by atoms with van der Waals surface area (Å²) in [5, 5.41) is 14.7. The molecular formula is C17H14N4O2. The van der Waals surface area contributed by atoms with Crippen molar-refractivity contribution in [2.75, 3.05) is 0 Å². The van der Waals surface area contributed by atoms with E-state index in [1.807, 2.05) is 18.2 Å². The fourth-order valence-electron chi connectivity index (χ4n) is 2.46. The van der Waals surface area contributed by atoms with E-state index in [1.54, 1.807) is 36.4 Å². The summed E-state index contributed by atoms with van der Waals surface area (Å²) in [5.74, 6) is 0.138. The number of fused-ring (bicyclic) bond motifs is 1. The molecule has 0 aliphatic rings. The maximum Gasteiger partial charge on any atom is 0.232 e. The zero-order chi connectivity index (χ0) is 16.3. The maximum absolute atomic E-state index is 11.3. The molecule has 2 aromatic carbocycles. The number of oxazole rings is 1. The molecule has 23 heavy (non-hydrogen) atoms. The monoisotopic (exact) mass is 306 g/mol. The molecule has 0 fully saturated rings. The van der Waals surface area contributed by atoms with Gasteiger partial charge in [-0.15, -0.1) is 0 Å². The number of azide groups is 1. The van der Waals surface area contributed by atoms with E-state index in [9.17, 15) is 5.11 Å². The van der Waals surface area contributed by atoms with Crippen molar-refractivity contribution < 1.29 is 9.52 Å². The second-order valence-corrected chi connectivity index (χ2v) is 5.15. The van der Waals surface area contributed by atoms with Crippen LogP contribution >= 0.6 is 0 Å². The molecule has 0 aliphatic heterocycles. The number of aromatic nitrogens is 1. The Balaban J connectivity index is 2.14. The fraction of sp³-hybridized carbons (Fsp3) is 0.118. The van der Waals surface area contributed by atoms with Gasteiger partial charge in [-0.05, 0) is 23.2 Å². The summed E-state index contributed by atoms with van der Waals surface area (Å²) in [4.78, 5) is 7.10. The maximum atomic E-state index is 11.3. The van der Waals surface area contributed by atoms with Crippen molar-refractivity contribution in [2.45, 2.75) is 12.0 Å². The number of aliphatic hydroxyl groups is 1. The van der Waals surface area contributed by atoms with E-state index in [0.717, 1.165) is 0 Å². The lowest BCUT2D eigenvalue weighted by molar-refractivity contribution is 0.0528. The molecule has 0 radical (unpaired) electrons. The molecule has 6 heteroatoms. The molecule has 3 rings (SSSR count). The molecule has 1 N–H and O–H groups in total. The second kappa shape index (κ2) is 5.96. The number of nitrogens with zero attached hydrogens (tertiary/aromatic N) is 4. The topological polar surface area (TPSA) is 95.0 Å². The molecule has 1 atom stereocenters. The van der Waals surface area contributed by atoms with E-state index in [1.165, 1.54) is 0 Å². The predicted octanol–water partition coefficient (Wildman–Crippen LogP) is 4.28. The van der Waals surface area contributed by atoms with Crippen LogP contribution in [0.4, 0.5) is 0 Å². The number of rotatable bonds is 5. The minimum Gasteiger partial charge on any atom is -0.437 e. The molecule has 6 nitrogen and oxygen atoms in total. The molecule has 1 unspecified atom stereocenters. The van der Waals surface area contributed by atoms with Crippen LogP contribution in [0.2, 0.25) is 0 Å². The van der Waals surface area contributed by atoms with Crippen molar-refractivity contribution in [3.8, 4) is 0 Å². The fourth-order valence-corrected chi connectivity index (χ4v) is 2.46. The van der Waals surface area contributed by atoms with E-state index in [0.29, 0.717) is 16.7 Å². The third-order valence-corrected chi connectivity index (χ3v) is 3.55. The Kier molecular flexibility index (Phi) is 3.85. The van der Waals surface area contributed by atoms with Crippen LogP contribution in [0.25, 0.3) is 21.5 Å². The van der Waals surface area contributed by atoms with Crippen LogP contribution in [0.1, 0.15) is 17.9 Å². The second-order valence-electron chi connectivity index (χ2n) is 5.15. The Morgan fingerprint density at radius 1 is 1.22 bits per heavy atom. The largest absolute Gasteiger partial charge is 0.437 e. The van der Waals surface area contributed by atoms with E-state index in [2.05, 4.69) is 21.6 Å². The van der Waals surface area contributed by atoms with E-state index < -0.39 is 5.60 Å². The zero-order valence-corrected chi connectivity index (χ0v) is 12.3. The third kappa shape index (κ3) is 2.81. The lowest BCUT2D eigenvalue weighted by atomic mass is 9.89. The first-order valence-electron chi connectivity index (χ1n) is 7.00. The molecule has 0 aliphatic carbocycles. The van der Waals surface area contributed by atoms with Gasteiger partial charge in [0.05, 0.1) is 0 Å². The summed E-state index contributed by atoms with van der Waals surface area (Å²) >= 11 is 0. The van der Waals surface area contributed by atoms with Crippen LogP contribution in [0.3, 0.4) is 0 Å². The van der Waals surface area contributed by atoms with E-state index in [-0.39, 0.29) is 18.0 Å². The van der Waals surface area contributed by atoms with Gasteiger partial charge in [0, 0.05) is 17.0 Å². The molecule has 0 saturated carbocycles. The van der Waals surface area contributed by atoms with E-state index >= 15 is 0 Å². The van der Waals surface area contributed by atoms with Gasteiger partial charge in [0.1, 0.15) is 5.52 Å². The van der Waals surface area contributed by atoms with Crippen LogP contribution in [0, 0.1) is 0 Å². The smallest absolute Gasteiger partial charge is 0.232 e. The number of para-hydroxylation sites is 2. The van der Waals surface area contributed by atoms with Crippen molar-refractivity contribution >= 4 is 11.1 Å². The lowest BCUT2D eigenvalue weighted by Gasteiger charge is -2.25. The first kappa shape index (κ1) is 14.8.